The number of hydrogen-bond acceptors (Lipinski definition) is 3. The quantitative estimate of drug-likeness (QED) is 0.236. The molecule has 1 aliphatic carbocycles. The molecule has 0 radical (unpaired) electrons. The van der Waals surface area contributed by atoms with Crippen molar-refractivity contribution in [2.75, 3.05) is 40.3 Å². The van der Waals surface area contributed by atoms with E-state index in [1.807, 2.05) is 7.05 Å². The van der Waals surface area contributed by atoms with Crippen molar-refractivity contribution < 1.29 is 4.79 Å². The Kier molecular flexibility index (Phi) is 11.6. The van der Waals surface area contributed by atoms with E-state index in [9.17, 15) is 4.79 Å². The molecular weight excluding hydrogens is 453 g/mol. The van der Waals surface area contributed by atoms with E-state index in [-0.39, 0.29) is 29.9 Å². The second kappa shape index (κ2) is 12.8. The fourth-order valence-corrected chi connectivity index (χ4v) is 3.85. The van der Waals surface area contributed by atoms with Crippen LogP contribution in [0.1, 0.15) is 58.8 Å². The van der Waals surface area contributed by atoms with Crippen LogP contribution in [0.15, 0.2) is 4.99 Å². The number of amides is 1. The number of nitrogens with zero attached hydrogens (tertiary/aromatic N) is 3. The van der Waals surface area contributed by atoms with Crippen LogP contribution in [0.4, 0.5) is 0 Å². The van der Waals surface area contributed by atoms with Gasteiger partial charge in [0.1, 0.15) is 0 Å². The zero-order chi connectivity index (χ0) is 18.9. The van der Waals surface area contributed by atoms with Crippen molar-refractivity contribution in [3.63, 3.8) is 0 Å². The Morgan fingerprint density at radius 3 is 2.56 bits per heavy atom. The van der Waals surface area contributed by atoms with Crippen LogP contribution in [-0.4, -0.2) is 74.0 Å². The van der Waals surface area contributed by atoms with Crippen LogP contribution >= 0.6 is 24.0 Å². The molecule has 2 aliphatic rings. The molecule has 158 valence electrons. The summed E-state index contributed by atoms with van der Waals surface area (Å²) in [6.45, 7) is 8.22. The lowest BCUT2D eigenvalue weighted by molar-refractivity contribution is -0.134. The first-order valence-corrected chi connectivity index (χ1v) is 10.5. The smallest absolute Gasteiger partial charge is 0.225 e. The number of nitrogens with one attached hydrogen (secondary N) is 2. The van der Waals surface area contributed by atoms with Crippen LogP contribution in [0.5, 0.6) is 0 Å². The van der Waals surface area contributed by atoms with Gasteiger partial charge in [0.2, 0.25) is 5.91 Å². The fraction of sp³-hybridized carbons (Fsp3) is 0.900. The third-order valence-electron chi connectivity index (χ3n) is 5.88. The molecule has 0 aromatic heterocycles. The van der Waals surface area contributed by atoms with Crippen LogP contribution in [0.2, 0.25) is 0 Å². The van der Waals surface area contributed by atoms with Gasteiger partial charge in [0.05, 0.1) is 0 Å². The molecule has 27 heavy (non-hydrogen) atoms. The first-order chi connectivity index (χ1) is 12.5. The minimum atomic E-state index is 0. The lowest BCUT2D eigenvalue weighted by atomic mass is 10.1. The standard InChI is InChI=1S/C20H39N5O.HI/c1-16(2)24(4)13-8-7-12-22-20(21-3)23-18-11-14-25(15-18)19(26)17-9-5-6-10-17;/h16-18H,5-15H2,1-4H3,(H2,21,22,23);1H. The van der Waals surface area contributed by atoms with Crippen molar-refractivity contribution in [3.8, 4) is 0 Å². The molecule has 7 heteroatoms. The van der Waals surface area contributed by atoms with Crippen molar-refractivity contribution in [3.05, 3.63) is 0 Å². The van der Waals surface area contributed by atoms with Crippen LogP contribution in [0.3, 0.4) is 0 Å². The van der Waals surface area contributed by atoms with Gasteiger partial charge in [-0.3, -0.25) is 9.79 Å². The van der Waals surface area contributed by atoms with Crippen LogP contribution < -0.4 is 10.6 Å². The molecule has 0 bridgehead atoms. The molecule has 1 saturated carbocycles. The third-order valence-corrected chi connectivity index (χ3v) is 5.88. The highest BCUT2D eigenvalue weighted by atomic mass is 127. The molecule has 1 amide bonds. The number of likely N-dealkylation sites (tertiary alicyclic amines) is 1. The Hall–Kier alpha value is -0.570. The van der Waals surface area contributed by atoms with E-state index in [4.69, 9.17) is 0 Å². The molecular formula is C20H40IN5O. The zero-order valence-corrected chi connectivity index (χ0v) is 20.0. The van der Waals surface area contributed by atoms with E-state index in [0.29, 0.717) is 18.0 Å². The lowest BCUT2D eigenvalue weighted by Gasteiger charge is -2.22. The summed E-state index contributed by atoms with van der Waals surface area (Å²) in [5.41, 5.74) is 0. The van der Waals surface area contributed by atoms with Crippen LogP contribution in [-0.2, 0) is 4.79 Å². The van der Waals surface area contributed by atoms with E-state index in [1.54, 1.807) is 0 Å². The maximum atomic E-state index is 12.5. The zero-order valence-electron chi connectivity index (χ0n) is 17.7. The van der Waals surface area contributed by atoms with E-state index in [0.717, 1.165) is 57.8 Å². The van der Waals surface area contributed by atoms with Gasteiger partial charge in [0, 0.05) is 44.7 Å². The molecule has 1 aliphatic heterocycles. The Morgan fingerprint density at radius 1 is 1.22 bits per heavy atom. The molecule has 6 nitrogen and oxygen atoms in total. The van der Waals surface area contributed by atoms with Crippen LogP contribution in [0, 0.1) is 5.92 Å². The fourth-order valence-electron chi connectivity index (χ4n) is 3.85. The average molecular weight is 493 g/mol. The van der Waals surface area contributed by atoms with Crippen molar-refractivity contribution in [2.45, 2.75) is 70.9 Å². The van der Waals surface area contributed by atoms with Crippen LogP contribution in [0.25, 0.3) is 0 Å². The average Bonchev–Trinajstić information content (AvgIpc) is 3.31. The predicted octanol–water partition coefficient (Wildman–Crippen LogP) is 2.68. The highest BCUT2D eigenvalue weighted by Crippen LogP contribution is 2.27. The second-order valence-corrected chi connectivity index (χ2v) is 8.18. The minimum Gasteiger partial charge on any atom is -0.356 e. The summed E-state index contributed by atoms with van der Waals surface area (Å²) in [6, 6.07) is 0.924. The summed E-state index contributed by atoms with van der Waals surface area (Å²) in [5.74, 6) is 1.53. The maximum Gasteiger partial charge on any atom is 0.225 e. The van der Waals surface area contributed by atoms with Gasteiger partial charge in [-0.2, -0.15) is 0 Å². The molecule has 1 unspecified atom stereocenters. The summed E-state index contributed by atoms with van der Waals surface area (Å²) < 4.78 is 0. The van der Waals surface area contributed by atoms with Gasteiger partial charge in [-0.25, -0.2) is 0 Å². The summed E-state index contributed by atoms with van der Waals surface area (Å²) >= 11 is 0. The van der Waals surface area contributed by atoms with Crippen molar-refractivity contribution in [2.24, 2.45) is 10.9 Å². The monoisotopic (exact) mass is 493 g/mol. The van der Waals surface area contributed by atoms with Gasteiger partial charge in [-0.15, -0.1) is 24.0 Å². The number of hydrogen-bond donors (Lipinski definition) is 2. The first-order valence-electron chi connectivity index (χ1n) is 10.5. The molecule has 2 N–H and O–H groups in total. The third kappa shape index (κ3) is 8.13. The molecule has 2 rings (SSSR count). The molecule has 1 atom stereocenters. The van der Waals surface area contributed by atoms with Gasteiger partial charge < -0.3 is 20.4 Å². The maximum absolute atomic E-state index is 12.5. The predicted molar refractivity (Wildman–Crippen MR) is 124 cm³/mol. The molecule has 1 heterocycles. The van der Waals surface area contributed by atoms with Gasteiger partial charge in [0.25, 0.3) is 0 Å². The van der Waals surface area contributed by atoms with Gasteiger partial charge >= 0.3 is 0 Å². The number of halogens is 1. The lowest BCUT2D eigenvalue weighted by Crippen LogP contribution is -2.45. The summed E-state index contributed by atoms with van der Waals surface area (Å²) in [4.78, 5) is 21.3. The Bertz CT molecular complexity index is 465. The van der Waals surface area contributed by atoms with E-state index in [2.05, 4.69) is 46.3 Å². The first kappa shape index (κ1) is 24.5. The SMILES string of the molecule is CN=C(NCCCCN(C)C(C)C)NC1CCN(C(=O)C2CCCC2)C1.I. The molecule has 0 spiro atoms. The Labute approximate surface area is 182 Å². The second-order valence-electron chi connectivity index (χ2n) is 8.18. The van der Waals surface area contributed by atoms with Crippen molar-refractivity contribution >= 4 is 35.8 Å². The minimum absolute atomic E-state index is 0. The molecule has 0 aromatic rings. The number of rotatable bonds is 8. The highest BCUT2D eigenvalue weighted by Gasteiger charge is 2.32. The number of carbonyl (C=O) groups is 1. The highest BCUT2D eigenvalue weighted by molar-refractivity contribution is 14.0. The van der Waals surface area contributed by atoms with Gasteiger partial charge in [0.15, 0.2) is 5.96 Å². The van der Waals surface area contributed by atoms with Crippen molar-refractivity contribution in [1.29, 1.82) is 0 Å². The normalized spacial score (nSPS) is 21.0. The number of unbranched alkanes of at least 4 members (excludes halogenated alkanes) is 1. The van der Waals surface area contributed by atoms with E-state index < -0.39 is 0 Å². The molecule has 1 saturated heterocycles. The topological polar surface area (TPSA) is 60.0 Å². The van der Waals surface area contributed by atoms with Gasteiger partial charge in [-0.1, -0.05) is 12.8 Å². The largest absolute Gasteiger partial charge is 0.356 e. The van der Waals surface area contributed by atoms with Gasteiger partial charge in [-0.05, 0) is 59.5 Å². The number of carbonyl (C=O) groups excluding carboxylic acids is 1. The van der Waals surface area contributed by atoms with Crippen molar-refractivity contribution in [1.82, 2.24) is 20.4 Å². The van der Waals surface area contributed by atoms with E-state index in [1.165, 1.54) is 19.3 Å². The number of guanidine groups is 1. The molecule has 0 aromatic carbocycles. The summed E-state index contributed by atoms with van der Waals surface area (Å²) in [5, 5.41) is 6.91. The number of aliphatic imine (C=N–C) groups is 1. The summed E-state index contributed by atoms with van der Waals surface area (Å²) in [6.07, 6.45) is 7.94. The Morgan fingerprint density at radius 2 is 1.93 bits per heavy atom. The molecule has 2 fully saturated rings. The van der Waals surface area contributed by atoms with E-state index >= 15 is 0 Å². The Balaban J connectivity index is 0.00000364. The summed E-state index contributed by atoms with van der Waals surface area (Å²) in [7, 11) is 4.00.